The average molecular weight is 261 g/mol. The highest BCUT2D eigenvalue weighted by molar-refractivity contribution is 5.20. The van der Waals surface area contributed by atoms with Crippen molar-refractivity contribution in [1.29, 1.82) is 0 Å². The fourth-order valence-electron chi connectivity index (χ4n) is 1.89. The Morgan fingerprint density at radius 2 is 2.11 bits per heavy atom. The molecule has 1 aliphatic rings. The highest BCUT2D eigenvalue weighted by atomic mass is 19.4. The van der Waals surface area contributed by atoms with E-state index in [9.17, 15) is 13.2 Å². The topological polar surface area (TPSA) is 47.0 Å². The number of nitrogens with zero attached hydrogens (tertiary/aromatic N) is 2. The molecule has 4 nitrogen and oxygen atoms in total. The van der Waals surface area contributed by atoms with E-state index in [1.54, 1.807) is 0 Å². The summed E-state index contributed by atoms with van der Waals surface area (Å²) in [6.07, 6.45) is -0.356. The first-order valence-corrected chi connectivity index (χ1v) is 5.79. The highest BCUT2D eigenvalue weighted by Crippen LogP contribution is 2.33. The predicted molar refractivity (Wildman–Crippen MR) is 58.1 cm³/mol. The lowest BCUT2D eigenvalue weighted by Gasteiger charge is -2.22. The molecule has 100 valence electrons. The zero-order chi connectivity index (χ0) is 13.0. The fraction of sp³-hybridized carbons (Fsp3) is 0.636. The molecule has 18 heavy (non-hydrogen) atoms. The third kappa shape index (κ3) is 3.32. The molecule has 0 bridgehead atoms. The van der Waals surface area contributed by atoms with Crippen LogP contribution in [0.25, 0.3) is 0 Å². The minimum absolute atomic E-state index is 0.224. The van der Waals surface area contributed by atoms with Gasteiger partial charge < -0.3 is 10.1 Å². The highest BCUT2D eigenvalue weighted by Gasteiger charge is 2.37. The summed E-state index contributed by atoms with van der Waals surface area (Å²) in [6, 6.07) is 0. The Morgan fingerprint density at radius 1 is 1.33 bits per heavy atom. The van der Waals surface area contributed by atoms with Crippen LogP contribution in [0.2, 0.25) is 0 Å². The summed E-state index contributed by atoms with van der Waals surface area (Å²) in [4.78, 5) is 6.89. The van der Waals surface area contributed by atoms with Gasteiger partial charge in [-0.2, -0.15) is 13.2 Å². The van der Waals surface area contributed by atoms with Gasteiger partial charge in [-0.3, -0.25) is 0 Å². The molecular weight excluding hydrogens is 247 g/mol. The Labute approximate surface area is 103 Å². The maximum Gasteiger partial charge on any atom is 0.438 e. The van der Waals surface area contributed by atoms with Gasteiger partial charge in [0.15, 0.2) is 0 Å². The first-order valence-electron chi connectivity index (χ1n) is 5.79. The molecule has 0 aliphatic carbocycles. The van der Waals surface area contributed by atoms with E-state index in [1.807, 2.05) is 0 Å². The molecule has 0 aromatic carbocycles. The van der Waals surface area contributed by atoms with Gasteiger partial charge in [0.05, 0.1) is 6.61 Å². The lowest BCUT2D eigenvalue weighted by molar-refractivity contribution is -0.143. The van der Waals surface area contributed by atoms with Crippen LogP contribution in [0, 0.1) is 5.92 Å². The first kappa shape index (κ1) is 13.1. The van der Waals surface area contributed by atoms with Crippen LogP contribution in [-0.2, 0) is 6.18 Å². The standard InChI is InChI=1S/C11H14F3N3O/c12-11(13,14)9-10(17-5-4-16-9)18-7-8-2-1-3-15-6-8/h4-5,8,15H,1-3,6-7H2. The maximum atomic E-state index is 12.6. The molecule has 1 aliphatic heterocycles. The van der Waals surface area contributed by atoms with Gasteiger partial charge in [-0.05, 0) is 19.4 Å². The molecule has 2 rings (SSSR count). The molecule has 0 radical (unpaired) electrons. The number of alkyl halides is 3. The van der Waals surface area contributed by atoms with E-state index in [2.05, 4.69) is 15.3 Å². The van der Waals surface area contributed by atoms with Crippen molar-refractivity contribution in [2.75, 3.05) is 19.7 Å². The maximum absolute atomic E-state index is 12.6. The van der Waals surface area contributed by atoms with Crippen molar-refractivity contribution in [3.8, 4) is 5.88 Å². The van der Waals surface area contributed by atoms with Crippen molar-refractivity contribution in [3.63, 3.8) is 0 Å². The number of hydrogen-bond donors (Lipinski definition) is 1. The van der Waals surface area contributed by atoms with E-state index >= 15 is 0 Å². The van der Waals surface area contributed by atoms with Gasteiger partial charge in [-0.25, -0.2) is 9.97 Å². The normalized spacial score (nSPS) is 20.7. The molecule has 7 heteroatoms. The quantitative estimate of drug-likeness (QED) is 0.902. The van der Waals surface area contributed by atoms with Gasteiger partial charge in [-0.15, -0.1) is 0 Å². The van der Waals surface area contributed by atoms with E-state index in [0.717, 1.165) is 32.1 Å². The van der Waals surface area contributed by atoms with Gasteiger partial charge in [0.1, 0.15) is 0 Å². The average Bonchev–Trinajstić information content (AvgIpc) is 2.37. The van der Waals surface area contributed by atoms with Crippen LogP contribution < -0.4 is 10.1 Å². The second-order valence-electron chi connectivity index (χ2n) is 4.23. The van der Waals surface area contributed by atoms with E-state index < -0.39 is 17.8 Å². The number of rotatable bonds is 3. The largest absolute Gasteiger partial charge is 0.476 e. The van der Waals surface area contributed by atoms with Crippen LogP contribution in [0.5, 0.6) is 5.88 Å². The van der Waals surface area contributed by atoms with Gasteiger partial charge in [0.2, 0.25) is 11.6 Å². The minimum atomic E-state index is -4.53. The second-order valence-corrected chi connectivity index (χ2v) is 4.23. The summed E-state index contributed by atoms with van der Waals surface area (Å²) in [5.41, 5.74) is -1.06. The van der Waals surface area contributed by atoms with E-state index in [1.165, 1.54) is 6.20 Å². The number of piperidine rings is 1. The Balaban J connectivity index is 2.00. The van der Waals surface area contributed by atoms with E-state index in [-0.39, 0.29) is 12.5 Å². The third-order valence-electron chi connectivity index (χ3n) is 2.79. The van der Waals surface area contributed by atoms with Crippen LogP contribution in [0.4, 0.5) is 13.2 Å². The molecule has 1 fully saturated rings. The molecule has 1 saturated heterocycles. The van der Waals surface area contributed by atoms with E-state index in [4.69, 9.17) is 4.74 Å². The van der Waals surface area contributed by atoms with Crippen molar-refractivity contribution in [2.24, 2.45) is 5.92 Å². The SMILES string of the molecule is FC(F)(F)c1nccnc1OCC1CCCNC1. The lowest BCUT2D eigenvalue weighted by Crippen LogP contribution is -2.33. The van der Waals surface area contributed by atoms with Crippen LogP contribution in [-0.4, -0.2) is 29.7 Å². The molecule has 0 amide bonds. The fourth-order valence-corrected chi connectivity index (χ4v) is 1.89. The van der Waals surface area contributed by atoms with Crippen molar-refractivity contribution < 1.29 is 17.9 Å². The Bertz CT molecular complexity index is 391. The zero-order valence-electron chi connectivity index (χ0n) is 9.70. The summed E-state index contributed by atoms with van der Waals surface area (Å²) in [5, 5.41) is 3.18. The number of hydrogen-bond acceptors (Lipinski definition) is 4. The summed E-state index contributed by atoms with van der Waals surface area (Å²) < 4.78 is 43.0. The van der Waals surface area contributed by atoms with Gasteiger partial charge in [0.25, 0.3) is 0 Å². The smallest absolute Gasteiger partial charge is 0.438 e. The zero-order valence-corrected chi connectivity index (χ0v) is 9.70. The Hall–Kier alpha value is -1.37. The Morgan fingerprint density at radius 3 is 2.78 bits per heavy atom. The molecule has 1 atom stereocenters. The third-order valence-corrected chi connectivity index (χ3v) is 2.79. The monoisotopic (exact) mass is 261 g/mol. The van der Waals surface area contributed by atoms with Crippen LogP contribution in [0.1, 0.15) is 18.5 Å². The molecule has 0 spiro atoms. The number of aromatic nitrogens is 2. The molecule has 0 saturated carbocycles. The number of nitrogens with one attached hydrogen (secondary N) is 1. The van der Waals surface area contributed by atoms with Crippen LogP contribution in [0.15, 0.2) is 12.4 Å². The van der Waals surface area contributed by atoms with Crippen molar-refractivity contribution >= 4 is 0 Å². The molecule has 1 unspecified atom stereocenters. The predicted octanol–water partition coefficient (Wildman–Crippen LogP) is 1.87. The lowest BCUT2D eigenvalue weighted by atomic mass is 10.0. The molecule has 1 aromatic heterocycles. The van der Waals surface area contributed by atoms with Crippen molar-refractivity contribution in [1.82, 2.24) is 15.3 Å². The summed E-state index contributed by atoms with van der Waals surface area (Å²) >= 11 is 0. The van der Waals surface area contributed by atoms with Gasteiger partial charge in [-0.1, -0.05) is 0 Å². The molecule has 1 N–H and O–H groups in total. The van der Waals surface area contributed by atoms with Crippen molar-refractivity contribution in [3.05, 3.63) is 18.1 Å². The summed E-state index contributed by atoms with van der Waals surface area (Å²) in [5.74, 6) is -0.211. The van der Waals surface area contributed by atoms with Gasteiger partial charge in [0, 0.05) is 24.9 Å². The Kier molecular flexibility index (Phi) is 4.00. The number of ether oxygens (including phenoxy) is 1. The summed E-state index contributed by atoms with van der Waals surface area (Å²) in [6.45, 7) is 1.95. The number of halogens is 3. The molecule has 2 heterocycles. The molecular formula is C11H14F3N3O. The summed E-state index contributed by atoms with van der Waals surface area (Å²) in [7, 11) is 0. The first-order chi connectivity index (χ1) is 8.57. The van der Waals surface area contributed by atoms with E-state index in [0.29, 0.717) is 0 Å². The van der Waals surface area contributed by atoms with Crippen molar-refractivity contribution in [2.45, 2.75) is 19.0 Å². The van der Waals surface area contributed by atoms with Gasteiger partial charge >= 0.3 is 6.18 Å². The van der Waals surface area contributed by atoms with Crippen LogP contribution in [0.3, 0.4) is 0 Å². The second kappa shape index (κ2) is 5.51. The minimum Gasteiger partial charge on any atom is -0.476 e. The van der Waals surface area contributed by atoms with Crippen LogP contribution >= 0.6 is 0 Å². The molecule has 1 aromatic rings.